The van der Waals surface area contributed by atoms with Crippen molar-refractivity contribution in [3.05, 3.63) is 64.7 Å². The molecule has 5 rings (SSSR count). The number of rotatable bonds is 5. The highest BCUT2D eigenvalue weighted by atomic mass is 16.6. The Morgan fingerprint density at radius 3 is 2.65 bits per heavy atom. The molecular weight excluding hydrogens is 392 g/mol. The molecule has 0 unspecified atom stereocenters. The Hall–Kier alpha value is -2.99. The third-order valence-electron chi connectivity index (χ3n) is 6.61. The molecule has 2 aromatic carbocycles. The molecule has 1 aliphatic carbocycles. The van der Waals surface area contributed by atoms with Crippen LogP contribution in [0.4, 0.5) is 10.5 Å². The Kier molecular flexibility index (Phi) is 5.32. The molecule has 2 aliphatic heterocycles. The zero-order chi connectivity index (χ0) is 21.4. The summed E-state index contributed by atoms with van der Waals surface area (Å²) in [6.07, 6.45) is 3.12. The quantitative estimate of drug-likeness (QED) is 0.743. The van der Waals surface area contributed by atoms with Crippen LogP contribution >= 0.6 is 0 Å². The SMILES string of the molecule is O=C(Cc1ccc2c(c1)CCC2=O)CN1CCC(N2C(=O)OCc3ccccc32)CC1. The second-order valence-corrected chi connectivity index (χ2v) is 8.69. The molecule has 0 aromatic heterocycles. The number of nitrogens with zero attached hydrogens (tertiary/aromatic N) is 2. The lowest BCUT2D eigenvalue weighted by Crippen LogP contribution is -2.50. The third kappa shape index (κ3) is 4.00. The predicted octanol–water partition coefficient (Wildman–Crippen LogP) is 3.55. The van der Waals surface area contributed by atoms with E-state index in [0.29, 0.717) is 26.0 Å². The summed E-state index contributed by atoms with van der Waals surface area (Å²) in [6.45, 7) is 2.31. The topological polar surface area (TPSA) is 66.9 Å². The summed E-state index contributed by atoms with van der Waals surface area (Å²) in [4.78, 5) is 40.8. The fourth-order valence-electron chi connectivity index (χ4n) is 5.01. The molecule has 160 valence electrons. The van der Waals surface area contributed by atoms with Crippen LogP contribution in [0.1, 0.15) is 46.3 Å². The molecule has 2 aromatic rings. The molecule has 0 spiro atoms. The summed E-state index contributed by atoms with van der Waals surface area (Å²) in [5.74, 6) is 0.390. The third-order valence-corrected chi connectivity index (χ3v) is 6.61. The highest BCUT2D eigenvalue weighted by Crippen LogP contribution is 2.31. The number of anilines is 1. The summed E-state index contributed by atoms with van der Waals surface area (Å²) in [5, 5.41) is 0. The first-order chi connectivity index (χ1) is 15.1. The maximum atomic E-state index is 12.7. The monoisotopic (exact) mass is 418 g/mol. The molecule has 2 heterocycles. The van der Waals surface area contributed by atoms with Crippen LogP contribution in [0.3, 0.4) is 0 Å². The fraction of sp³-hybridized carbons (Fsp3) is 0.400. The first-order valence-electron chi connectivity index (χ1n) is 11.0. The van der Waals surface area contributed by atoms with Crippen LogP contribution in [0.15, 0.2) is 42.5 Å². The van der Waals surface area contributed by atoms with Gasteiger partial charge in [0.2, 0.25) is 0 Å². The lowest BCUT2D eigenvalue weighted by Gasteiger charge is -2.40. The number of para-hydroxylation sites is 1. The normalized spacial score (nSPS) is 19.2. The lowest BCUT2D eigenvalue weighted by molar-refractivity contribution is -0.119. The molecule has 0 saturated carbocycles. The van der Waals surface area contributed by atoms with E-state index < -0.39 is 0 Å². The summed E-state index contributed by atoms with van der Waals surface area (Å²) < 4.78 is 5.36. The number of carbonyl (C=O) groups is 3. The van der Waals surface area contributed by atoms with Crippen LogP contribution in [0.5, 0.6) is 0 Å². The van der Waals surface area contributed by atoms with E-state index in [0.717, 1.165) is 60.3 Å². The van der Waals surface area contributed by atoms with Gasteiger partial charge in [-0.2, -0.15) is 0 Å². The Labute approximate surface area is 181 Å². The van der Waals surface area contributed by atoms with Gasteiger partial charge in [-0.3, -0.25) is 19.4 Å². The van der Waals surface area contributed by atoms with Crippen LogP contribution in [0, 0.1) is 0 Å². The number of aryl methyl sites for hydroxylation is 1. The van der Waals surface area contributed by atoms with Crippen molar-refractivity contribution < 1.29 is 19.1 Å². The van der Waals surface area contributed by atoms with E-state index in [-0.39, 0.29) is 23.7 Å². The summed E-state index contributed by atoms with van der Waals surface area (Å²) in [6, 6.07) is 13.8. The average molecular weight is 418 g/mol. The maximum Gasteiger partial charge on any atom is 0.414 e. The minimum Gasteiger partial charge on any atom is -0.444 e. The van der Waals surface area contributed by atoms with E-state index in [4.69, 9.17) is 4.74 Å². The number of carbonyl (C=O) groups excluding carboxylic acids is 3. The van der Waals surface area contributed by atoms with Crippen molar-refractivity contribution >= 4 is 23.3 Å². The number of Topliss-reactive ketones (excluding diaryl/α,β-unsaturated/α-hetero) is 2. The van der Waals surface area contributed by atoms with Crippen molar-refractivity contribution in [2.75, 3.05) is 24.5 Å². The molecule has 0 bridgehead atoms. The van der Waals surface area contributed by atoms with Crippen LogP contribution in [0.2, 0.25) is 0 Å². The second kappa shape index (κ2) is 8.27. The molecular formula is C25H26N2O4. The minimum atomic E-state index is -0.275. The molecule has 0 N–H and O–H groups in total. The Balaban J connectivity index is 1.17. The Bertz CT molecular complexity index is 1040. The van der Waals surface area contributed by atoms with Gasteiger partial charge < -0.3 is 4.74 Å². The number of ether oxygens (including phenoxy) is 1. The second-order valence-electron chi connectivity index (χ2n) is 8.69. The van der Waals surface area contributed by atoms with Gasteiger partial charge in [-0.15, -0.1) is 0 Å². The van der Waals surface area contributed by atoms with Crippen molar-refractivity contribution in [3.63, 3.8) is 0 Å². The van der Waals surface area contributed by atoms with Gasteiger partial charge in [-0.1, -0.05) is 36.4 Å². The predicted molar refractivity (Wildman–Crippen MR) is 116 cm³/mol. The lowest BCUT2D eigenvalue weighted by atomic mass is 9.99. The van der Waals surface area contributed by atoms with Crippen molar-refractivity contribution in [2.45, 2.75) is 44.8 Å². The molecule has 6 nitrogen and oxygen atoms in total. The van der Waals surface area contributed by atoms with Crippen LogP contribution in [-0.4, -0.2) is 48.2 Å². The maximum absolute atomic E-state index is 12.7. The van der Waals surface area contributed by atoms with Crippen molar-refractivity contribution in [2.24, 2.45) is 0 Å². The molecule has 1 amide bonds. The summed E-state index contributed by atoms with van der Waals surface area (Å²) >= 11 is 0. The minimum absolute atomic E-state index is 0.0922. The van der Waals surface area contributed by atoms with Gasteiger partial charge in [-0.05, 0) is 36.5 Å². The number of likely N-dealkylation sites (tertiary alicyclic amines) is 1. The number of benzene rings is 2. The number of piperidine rings is 1. The van der Waals surface area contributed by atoms with Gasteiger partial charge >= 0.3 is 6.09 Å². The van der Waals surface area contributed by atoms with Crippen LogP contribution < -0.4 is 4.90 Å². The number of hydrogen-bond donors (Lipinski definition) is 0. The number of hydrogen-bond acceptors (Lipinski definition) is 5. The summed E-state index contributed by atoms with van der Waals surface area (Å²) in [5.41, 5.74) is 4.86. The molecule has 3 aliphatic rings. The summed E-state index contributed by atoms with van der Waals surface area (Å²) in [7, 11) is 0. The molecule has 1 saturated heterocycles. The van der Waals surface area contributed by atoms with Gasteiger partial charge in [0.25, 0.3) is 0 Å². The van der Waals surface area contributed by atoms with Crippen molar-refractivity contribution in [3.8, 4) is 0 Å². The Morgan fingerprint density at radius 2 is 1.81 bits per heavy atom. The van der Waals surface area contributed by atoms with E-state index in [1.807, 2.05) is 42.5 Å². The number of cyclic esters (lactones) is 1. The molecule has 0 atom stereocenters. The molecule has 1 fully saturated rings. The number of fused-ring (bicyclic) bond motifs is 2. The van der Waals surface area contributed by atoms with Gasteiger partial charge in [0.05, 0.1) is 12.2 Å². The number of amides is 1. The average Bonchev–Trinajstić information content (AvgIpc) is 3.14. The van der Waals surface area contributed by atoms with E-state index >= 15 is 0 Å². The molecule has 0 radical (unpaired) electrons. The van der Waals surface area contributed by atoms with Gasteiger partial charge in [0, 0.05) is 43.1 Å². The molecule has 31 heavy (non-hydrogen) atoms. The first kappa shape index (κ1) is 19.9. The standard InChI is InChI=1S/C25H26N2O4/c28-21(14-17-5-7-22-18(13-17)6-8-24(22)29)15-26-11-9-20(10-12-26)27-23-4-2-1-3-19(23)16-31-25(27)30/h1-5,7,13,20H,6,8-12,14-16H2. The van der Waals surface area contributed by atoms with Crippen LogP contribution in [0.25, 0.3) is 0 Å². The fourth-order valence-corrected chi connectivity index (χ4v) is 5.01. The van der Waals surface area contributed by atoms with E-state index in [1.54, 1.807) is 4.90 Å². The van der Waals surface area contributed by atoms with Gasteiger partial charge in [-0.25, -0.2) is 4.79 Å². The van der Waals surface area contributed by atoms with Crippen molar-refractivity contribution in [1.29, 1.82) is 0 Å². The van der Waals surface area contributed by atoms with E-state index in [1.165, 1.54) is 0 Å². The van der Waals surface area contributed by atoms with Gasteiger partial charge in [0.15, 0.2) is 11.6 Å². The smallest absolute Gasteiger partial charge is 0.414 e. The van der Waals surface area contributed by atoms with E-state index in [9.17, 15) is 14.4 Å². The van der Waals surface area contributed by atoms with Crippen LogP contribution in [-0.2, 0) is 29.0 Å². The van der Waals surface area contributed by atoms with Crippen molar-refractivity contribution in [1.82, 2.24) is 4.90 Å². The van der Waals surface area contributed by atoms with E-state index in [2.05, 4.69) is 4.90 Å². The number of ketones is 2. The Morgan fingerprint density at radius 1 is 1.00 bits per heavy atom. The highest BCUT2D eigenvalue weighted by Gasteiger charge is 2.34. The molecule has 6 heteroatoms. The highest BCUT2D eigenvalue weighted by molar-refractivity contribution is 6.00. The zero-order valence-corrected chi connectivity index (χ0v) is 17.5. The largest absolute Gasteiger partial charge is 0.444 e. The van der Waals surface area contributed by atoms with Gasteiger partial charge in [0.1, 0.15) is 6.61 Å². The zero-order valence-electron chi connectivity index (χ0n) is 17.5. The first-order valence-corrected chi connectivity index (χ1v) is 11.0.